The zero-order valence-corrected chi connectivity index (χ0v) is 13.3. The van der Waals surface area contributed by atoms with Crippen molar-refractivity contribution in [3.05, 3.63) is 0 Å². The van der Waals surface area contributed by atoms with E-state index in [4.69, 9.17) is 4.74 Å². The van der Waals surface area contributed by atoms with Crippen molar-refractivity contribution < 1.29 is 4.74 Å². The summed E-state index contributed by atoms with van der Waals surface area (Å²) in [6.07, 6.45) is 8.41. The van der Waals surface area contributed by atoms with Gasteiger partial charge in [-0.25, -0.2) is 0 Å². The van der Waals surface area contributed by atoms with Gasteiger partial charge in [-0.15, -0.1) is 0 Å². The molecule has 1 saturated carbocycles. The fourth-order valence-corrected chi connectivity index (χ4v) is 4.51. The largest absolute Gasteiger partial charge is 0.370 e. The van der Waals surface area contributed by atoms with Gasteiger partial charge in [0, 0.05) is 17.0 Å². The molecule has 0 aromatic carbocycles. The molecule has 2 nitrogen and oxygen atoms in total. The van der Waals surface area contributed by atoms with E-state index in [1.165, 1.54) is 43.0 Å². The van der Waals surface area contributed by atoms with E-state index >= 15 is 0 Å². The van der Waals surface area contributed by atoms with Gasteiger partial charge in [-0.1, -0.05) is 49.3 Å². The Bertz CT molecular complexity index is 238. The standard InChI is InChI=1S/C14H26INO/c1-11(2)13(9-15)16-10-12-5-8-14(17-12)6-3-4-7-14/h11-13,16H,3-10H2,1-2H3. The van der Waals surface area contributed by atoms with E-state index in [1.807, 2.05) is 0 Å². The highest BCUT2D eigenvalue weighted by atomic mass is 127. The van der Waals surface area contributed by atoms with Crippen LogP contribution in [-0.2, 0) is 4.74 Å². The van der Waals surface area contributed by atoms with E-state index in [2.05, 4.69) is 41.8 Å². The van der Waals surface area contributed by atoms with Crippen LogP contribution in [0, 0.1) is 5.92 Å². The molecule has 2 aliphatic rings. The van der Waals surface area contributed by atoms with Crippen molar-refractivity contribution in [2.45, 2.75) is 70.1 Å². The molecular formula is C14H26INO. The van der Waals surface area contributed by atoms with Crippen LogP contribution in [0.3, 0.4) is 0 Å². The molecule has 0 bridgehead atoms. The Kier molecular flexibility index (Phi) is 5.13. The summed E-state index contributed by atoms with van der Waals surface area (Å²) < 4.78 is 7.51. The quantitative estimate of drug-likeness (QED) is 0.604. The Balaban J connectivity index is 1.74. The molecule has 0 aromatic heterocycles. The smallest absolute Gasteiger partial charge is 0.0708 e. The minimum absolute atomic E-state index is 0.296. The van der Waals surface area contributed by atoms with Crippen molar-refractivity contribution in [1.29, 1.82) is 0 Å². The molecule has 1 aliphatic carbocycles. The number of halogens is 1. The van der Waals surface area contributed by atoms with Gasteiger partial charge in [-0.05, 0) is 31.6 Å². The van der Waals surface area contributed by atoms with Crippen molar-refractivity contribution in [3.63, 3.8) is 0 Å². The molecule has 1 spiro atoms. The molecule has 1 heterocycles. The second-order valence-electron chi connectivity index (χ2n) is 6.08. The SMILES string of the molecule is CC(C)C(CI)NCC1CCC2(CCCC2)O1. The Morgan fingerprint density at radius 2 is 2.00 bits per heavy atom. The summed E-state index contributed by atoms with van der Waals surface area (Å²) >= 11 is 2.48. The van der Waals surface area contributed by atoms with Gasteiger partial charge in [0.25, 0.3) is 0 Å². The number of ether oxygens (including phenoxy) is 1. The van der Waals surface area contributed by atoms with E-state index in [9.17, 15) is 0 Å². The molecule has 1 saturated heterocycles. The first kappa shape index (κ1) is 14.1. The minimum atomic E-state index is 0.296. The molecule has 0 radical (unpaired) electrons. The van der Waals surface area contributed by atoms with Gasteiger partial charge in [0.1, 0.15) is 0 Å². The molecule has 2 rings (SSSR count). The molecule has 0 amide bonds. The third-order valence-electron chi connectivity index (χ3n) is 4.43. The zero-order valence-electron chi connectivity index (χ0n) is 11.2. The van der Waals surface area contributed by atoms with Crippen LogP contribution in [0.15, 0.2) is 0 Å². The summed E-state index contributed by atoms with van der Waals surface area (Å²) in [6, 6.07) is 0.638. The van der Waals surface area contributed by atoms with Crippen LogP contribution < -0.4 is 5.32 Å². The van der Waals surface area contributed by atoms with Gasteiger partial charge in [-0.3, -0.25) is 0 Å². The van der Waals surface area contributed by atoms with Gasteiger partial charge >= 0.3 is 0 Å². The monoisotopic (exact) mass is 351 g/mol. The zero-order chi connectivity index (χ0) is 12.3. The maximum atomic E-state index is 6.32. The summed E-state index contributed by atoms with van der Waals surface area (Å²) in [7, 11) is 0. The fourth-order valence-electron chi connectivity index (χ4n) is 3.18. The molecule has 2 fully saturated rings. The highest BCUT2D eigenvalue weighted by Crippen LogP contribution is 2.43. The van der Waals surface area contributed by atoms with E-state index in [1.54, 1.807) is 0 Å². The predicted octanol–water partition coefficient (Wildman–Crippen LogP) is 3.53. The van der Waals surface area contributed by atoms with Gasteiger partial charge in [0.05, 0.1) is 11.7 Å². The van der Waals surface area contributed by atoms with Gasteiger partial charge in [-0.2, -0.15) is 0 Å². The number of hydrogen-bond acceptors (Lipinski definition) is 2. The number of alkyl halides is 1. The van der Waals surface area contributed by atoms with Crippen LogP contribution in [0.5, 0.6) is 0 Å². The lowest BCUT2D eigenvalue weighted by Gasteiger charge is -2.26. The van der Waals surface area contributed by atoms with Crippen LogP contribution in [0.4, 0.5) is 0 Å². The number of rotatable bonds is 5. The maximum absolute atomic E-state index is 6.32. The summed E-state index contributed by atoms with van der Waals surface area (Å²) in [5.41, 5.74) is 0.296. The number of nitrogens with one attached hydrogen (secondary N) is 1. The molecule has 2 unspecified atom stereocenters. The maximum Gasteiger partial charge on any atom is 0.0708 e. The summed E-state index contributed by atoms with van der Waals surface area (Å²) in [5.74, 6) is 0.716. The van der Waals surface area contributed by atoms with E-state index in [-0.39, 0.29) is 0 Å². The summed E-state index contributed by atoms with van der Waals surface area (Å²) in [5, 5.41) is 3.68. The number of hydrogen-bond donors (Lipinski definition) is 1. The average molecular weight is 351 g/mol. The van der Waals surface area contributed by atoms with Crippen LogP contribution in [0.25, 0.3) is 0 Å². The third-order valence-corrected chi connectivity index (χ3v) is 5.38. The lowest BCUT2D eigenvalue weighted by Crippen LogP contribution is -2.40. The third kappa shape index (κ3) is 3.57. The van der Waals surface area contributed by atoms with Gasteiger partial charge in [0.15, 0.2) is 0 Å². The Hall–Kier alpha value is 0.650. The predicted molar refractivity (Wildman–Crippen MR) is 80.8 cm³/mol. The van der Waals surface area contributed by atoms with Crippen molar-refractivity contribution in [3.8, 4) is 0 Å². The molecule has 1 N–H and O–H groups in total. The average Bonchev–Trinajstić information content (AvgIpc) is 2.91. The highest BCUT2D eigenvalue weighted by Gasteiger charge is 2.41. The highest BCUT2D eigenvalue weighted by molar-refractivity contribution is 14.1. The van der Waals surface area contributed by atoms with Crippen LogP contribution in [0.1, 0.15) is 52.4 Å². The minimum Gasteiger partial charge on any atom is -0.370 e. The molecule has 1 aliphatic heterocycles. The Labute approximate surface area is 119 Å². The second kappa shape index (κ2) is 6.20. The fraction of sp³-hybridized carbons (Fsp3) is 1.00. The Morgan fingerprint density at radius 3 is 2.59 bits per heavy atom. The van der Waals surface area contributed by atoms with Crippen LogP contribution in [0.2, 0.25) is 0 Å². The van der Waals surface area contributed by atoms with E-state index in [0.717, 1.165) is 6.54 Å². The van der Waals surface area contributed by atoms with E-state index in [0.29, 0.717) is 23.7 Å². The van der Waals surface area contributed by atoms with Gasteiger partial charge in [0.2, 0.25) is 0 Å². The van der Waals surface area contributed by atoms with Crippen molar-refractivity contribution in [2.75, 3.05) is 11.0 Å². The second-order valence-corrected chi connectivity index (χ2v) is 6.96. The van der Waals surface area contributed by atoms with Crippen molar-refractivity contribution >= 4 is 22.6 Å². The molecule has 0 aromatic rings. The normalized spacial score (nSPS) is 29.3. The lowest BCUT2D eigenvalue weighted by atomic mass is 9.98. The summed E-state index contributed by atoms with van der Waals surface area (Å²) in [6.45, 7) is 5.64. The molecule has 3 heteroatoms. The Morgan fingerprint density at radius 1 is 1.29 bits per heavy atom. The van der Waals surface area contributed by atoms with Crippen molar-refractivity contribution in [1.82, 2.24) is 5.32 Å². The van der Waals surface area contributed by atoms with Crippen molar-refractivity contribution in [2.24, 2.45) is 5.92 Å². The first-order valence-corrected chi connectivity index (χ1v) is 8.65. The molecular weight excluding hydrogens is 325 g/mol. The summed E-state index contributed by atoms with van der Waals surface area (Å²) in [4.78, 5) is 0. The topological polar surface area (TPSA) is 21.3 Å². The first-order chi connectivity index (χ1) is 8.15. The molecule has 2 atom stereocenters. The van der Waals surface area contributed by atoms with Crippen LogP contribution in [-0.4, -0.2) is 28.7 Å². The first-order valence-electron chi connectivity index (χ1n) is 7.12. The molecule has 17 heavy (non-hydrogen) atoms. The lowest BCUT2D eigenvalue weighted by molar-refractivity contribution is -0.0360. The van der Waals surface area contributed by atoms with Crippen LogP contribution >= 0.6 is 22.6 Å². The van der Waals surface area contributed by atoms with Gasteiger partial charge < -0.3 is 10.1 Å². The molecule has 100 valence electrons. The van der Waals surface area contributed by atoms with E-state index < -0.39 is 0 Å².